The van der Waals surface area contributed by atoms with Crippen LogP contribution in [0.15, 0.2) is 34.5 Å². The van der Waals surface area contributed by atoms with Crippen molar-refractivity contribution < 1.29 is 9.90 Å². The minimum Gasteiger partial charge on any atom is -0.481 e. The monoisotopic (exact) mass is 303 g/mol. The van der Waals surface area contributed by atoms with Crippen LogP contribution in [0.2, 0.25) is 0 Å². The summed E-state index contributed by atoms with van der Waals surface area (Å²) in [5.74, 6) is -1.00. The Balaban J connectivity index is 2.94. The highest BCUT2D eigenvalue weighted by Crippen LogP contribution is 2.29. The number of hydrogen-bond acceptors (Lipinski definition) is 2. The number of halogens is 2. The molecule has 0 amide bonds. The van der Waals surface area contributed by atoms with E-state index >= 15 is 0 Å². The van der Waals surface area contributed by atoms with Crippen LogP contribution in [0.4, 0.5) is 0 Å². The van der Waals surface area contributed by atoms with Crippen molar-refractivity contribution in [3.8, 4) is 0 Å². The third-order valence-corrected chi connectivity index (χ3v) is 4.01. The Morgan fingerprint density at radius 2 is 2.05 bits per heavy atom. The lowest BCUT2D eigenvalue weighted by molar-refractivity contribution is -0.142. The summed E-state index contributed by atoms with van der Waals surface area (Å²) in [7, 11) is 0. The molecule has 1 atom stereocenters. The maximum atomic E-state index is 11.1. The second-order valence-electron chi connectivity index (χ2n) is 4.49. The van der Waals surface area contributed by atoms with Crippen LogP contribution in [-0.4, -0.2) is 29.1 Å². The number of carboxylic acid groups (broad SMARTS) is 1. The van der Waals surface area contributed by atoms with Crippen molar-refractivity contribution in [2.24, 2.45) is 5.92 Å². The van der Waals surface area contributed by atoms with Crippen molar-refractivity contribution in [3.63, 3.8) is 0 Å². The first-order valence-corrected chi connectivity index (χ1v) is 7.09. The molecule has 5 heteroatoms. The Labute approximate surface area is 124 Å². The van der Waals surface area contributed by atoms with Gasteiger partial charge < -0.3 is 10.0 Å². The lowest BCUT2D eigenvalue weighted by atomic mass is 10.0. The fourth-order valence-corrected chi connectivity index (χ4v) is 2.71. The number of likely N-dealkylation sites (tertiary alicyclic amines) is 1. The van der Waals surface area contributed by atoms with E-state index in [2.05, 4.69) is 11.5 Å². The molecule has 1 fully saturated rings. The van der Waals surface area contributed by atoms with Gasteiger partial charge in [-0.3, -0.25) is 4.79 Å². The molecule has 0 radical (unpaired) electrons. The first-order chi connectivity index (χ1) is 9.01. The molecule has 1 rings (SSSR count). The first-order valence-electron chi connectivity index (χ1n) is 6.33. The van der Waals surface area contributed by atoms with Gasteiger partial charge in [-0.2, -0.15) is 0 Å². The molecular weight excluding hydrogens is 285 g/mol. The molecule has 0 bridgehead atoms. The van der Waals surface area contributed by atoms with E-state index in [4.69, 9.17) is 28.3 Å². The van der Waals surface area contributed by atoms with Crippen LogP contribution in [0.1, 0.15) is 26.2 Å². The average Bonchev–Trinajstić information content (AvgIpc) is 2.64. The second-order valence-corrected chi connectivity index (χ2v) is 5.30. The molecule has 0 aromatic carbocycles. The van der Waals surface area contributed by atoms with Crippen LogP contribution in [-0.2, 0) is 4.79 Å². The Morgan fingerprint density at radius 1 is 1.37 bits per heavy atom. The van der Waals surface area contributed by atoms with Crippen LogP contribution in [0, 0.1) is 5.92 Å². The molecular formula is C14H19Cl2NO2. The number of aliphatic carboxylic acids is 1. The molecule has 106 valence electrons. The van der Waals surface area contributed by atoms with Crippen molar-refractivity contribution >= 4 is 29.2 Å². The zero-order valence-corrected chi connectivity index (χ0v) is 12.5. The van der Waals surface area contributed by atoms with Crippen LogP contribution in [0.25, 0.3) is 0 Å². The lowest BCUT2D eigenvalue weighted by Gasteiger charge is -2.26. The smallest absolute Gasteiger partial charge is 0.306 e. The average molecular weight is 304 g/mol. The minimum atomic E-state index is -0.723. The van der Waals surface area contributed by atoms with Crippen molar-refractivity contribution in [1.82, 2.24) is 4.90 Å². The summed E-state index contributed by atoms with van der Waals surface area (Å²) >= 11 is 12.4. The van der Waals surface area contributed by atoms with Crippen molar-refractivity contribution in [3.05, 3.63) is 34.5 Å². The molecule has 0 spiro atoms. The van der Waals surface area contributed by atoms with Gasteiger partial charge in [-0.1, -0.05) is 35.9 Å². The first kappa shape index (κ1) is 16.1. The summed E-state index contributed by atoms with van der Waals surface area (Å²) in [5, 5.41) is 10.2. The SMILES string of the molecule is C=C/C(Cl)=C(\C(Cl)=C/C)N1CCCC(C(=O)O)CC1. The number of hydrogen-bond donors (Lipinski definition) is 1. The Bertz CT molecular complexity index is 416. The third kappa shape index (κ3) is 4.29. The largest absolute Gasteiger partial charge is 0.481 e. The molecule has 0 aromatic rings. The van der Waals surface area contributed by atoms with Crippen LogP contribution in [0.3, 0.4) is 0 Å². The van der Waals surface area contributed by atoms with Gasteiger partial charge in [0.25, 0.3) is 0 Å². The maximum absolute atomic E-state index is 11.1. The van der Waals surface area contributed by atoms with E-state index in [1.54, 1.807) is 12.2 Å². The van der Waals surface area contributed by atoms with Gasteiger partial charge in [-0.25, -0.2) is 0 Å². The second kappa shape index (κ2) is 7.61. The summed E-state index contributed by atoms with van der Waals surface area (Å²) in [6.45, 7) is 6.90. The Morgan fingerprint density at radius 3 is 2.58 bits per heavy atom. The highest BCUT2D eigenvalue weighted by atomic mass is 35.5. The zero-order valence-electron chi connectivity index (χ0n) is 11.0. The molecule has 3 nitrogen and oxygen atoms in total. The van der Waals surface area contributed by atoms with Crippen LogP contribution < -0.4 is 0 Å². The molecule has 1 aliphatic rings. The van der Waals surface area contributed by atoms with Gasteiger partial charge in [0.1, 0.15) is 0 Å². The van der Waals surface area contributed by atoms with Gasteiger partial charge in [0, 0.05) is 13.1 Å². The quantitative estimate of drug-likeness (QED) is 0.799. The van der Waals surface area contributed by atoms with E-state index < -0.39 is 5.97 Å². The van der Waals surface area contributed by atoms with Gasteiger partial charge in [-0.05, 0) is 32.3 Å². The minimum absolute atomic E-state index is 0.280. The highest BCUT2D eigenvalue weighted by molar-refractivity contribution is 6.36. The predicted octanol–water partition coefficient (Wildman–Crippen LogP) is 3.95. The molecule has 1 aliphatic heterocycles. The fraction of sp³-hybridized carbons (Fsp3) is 0.500. The normalized spacial score (nSPS) is 22.6. The number of carboxylic acids is 1. The van der Waals surface area contributed by atoms with Gasteiger partial charge in [0.2, 0.25) is 0 Å². The highest BCUT2D eigenvalue weighted by Gasteiger charge is 2.24. The number of carbonyl (C=O) groups is 1. The number of nitrogens with zero attached hydrogens (tertiary/aromatic N) is 1. The van der Waals surface area contributed by atoms with E-state index in [9.17, 15) is 4.79 Å². The Hall–Kier alpha value is -0.930. The summed E-state index contributed by atoms with van der Waals surface area (Å²) < 4.78 is 0. The van der Waals surface area contributed by atoms with Gasteiger partial charge in [0.15, 0.2) is 0 Å². The molecule has 1 heterocycles. The third-order valence-electron chi connectivity index (χ3n) is 3.28. The predicted molar refractivity (Wildman–Crippen MR) is 79.2 cm³/mol. The van der Waals surface area contributed by atoms with E-state index in [0.29, 0.717) is 29.5 Å². The summed E-state index contributed by atoms with van der Waals surface area (Å²) in [6.07, 6.45) is 5.45. The molecule has 19 heavy (non-hydrogen) atoms. The zero-order chi connectivity index (χ0) is 14.4. The van der Waals surface area contributed by atoms with E-state index in [1.165, 1.54) is 0 Å². The van der Waals surface area contributed by atoms with Crippen molar-refractivity contribution in [1.29, 1.82) is 0 Å². The number of rotatable bonds is 4. The van der Waals surface area contributed by atoms with E-state index in [-0.39, 0.29) is 5.92 Å². The van der Waals surface area contributed by atoms with Crippen molar-refractivity contribution in [2.45, 2.75) is 26.2 Å². The molecule has 0 aliphatic carbocycles. The molecule has 0 aromatic heterocycles. The molecule has 1 unspecified atom stereocenters. The molecule has 0 saturated carbocycles. The summed E-state index contributed by atoms with van der Waals surface area (Å²) in [5.41, 5.74) is 0.742. The van der Waals surface area contributed by atoms with Crippen LogP contribution >= 0.6 is 23.2 Å². The lowest BCUT2D eigenvalue weighted by Crippen LogP contribution is -2.25. The summed E-state index contributed by atoms with van der Waals surface area (Å²) in [6, 6.07) is 0. The molecule has 1 saturated heterocycles. The molecule has 1 N–H and O–H groups in total. The van der Waals surface area contributed by atoms with Crippen LogP contribution in [0.5, 0.6) is 0 Å². The van der Waals surface area contributed by atoms with E-state index in [0.717, 1.165) is 18.7 Å². The fourth-order valence-electron chi connectivity index (χ4n) is 2.22. The van der Waals surface area contributed by atoms with Gasteiger partial charge in [0.05, 0.1) is 21.7 Å². The number of allylic oxidation sites excluding steroid dienone is 4. The van der Waals surface area contributed by atoms with E-state index in [1.807, 2.05) is 6.92 Å². The van der Waals surface area contributed by atoms with Gasteiger partial charge >= 0.3 is 5.97 Å². The van der Waals surface area contributed by atoms with Crippen molar-refractivity contribution in [2.75, 3.05) is 13.1 Å². The standard InChI is InChI=1S/C14H19Cl2NO2/c1-3-11(15)13(12(16)4-2)17-8-5-6-10(7-9-17)14(18)19/h3-4,10H,1,5-9H2,2H3,(H,18,19)/b12-4+,13-11-. The van der Waals surface area contributed by atoms with Gasteiger partial charge in [-0.15, -0.1) is 0 Å². The Kier molecular flexibility index (Phi) is 6.46. The summed E-state index contributed by atoms with van der Waals surface area (Å²) in [4.78, 5) is 13.1. The topological polar surface area (TPSA) is 40.5 Å². The maximum Gasteiger partial charge on any atom is 0.306 e.